The molecule has 0 atom stereocenters. The van der Waals surface area contributed by atoms with Crippen LogP contribution in [0.15, 0.2) is 123 Å². The zero-order valence-electron chi connectivity index (χ0n) is 43.9. The summed E-state index contributed by atoms with van der Waals surface area (Å²) in [5.74, 6) is -3.35. The Labute approximate surface area is 531 Å². The summed E-state index contributed by atoms with van der Waals surface area (Å²) in [6.07, 6.45) is 27.7. The number of carbonyl (C=O) groups is 7. The monoisotopic (exact) mass is 1290 g/mol. The standard InChI is InChI=1S/C6H8N2O2.C5H7N3O.C5H6N2O2.C5H6N2O.C5H5NO2.C4H4N6.C4H3N3.C4H4N2O2.C4H6N2.C3H3N3O2.9CH4/c1-2-10-6(9)5-3-7-4-8-5;1-3-4(5(6)9)8-2-7-3;1-9-5(8)4-2-6-7-3-4;8-2-1-5-3-6-4-7-5;6-5(7)4-1-2-8-3-4;1-3(6-2-5-1)4-7-9-10-8-4;5-1-4-2-6-3-7-4;7-4(8)3-1-5-6-2-3;1-4-2-5-3-6-4;7-3(8)2-4-1-5-6-2;;;;;;;;;/h3-4H,2H2,1H3,(H,7,8);2H,1H3,(H2,6,9)(H,7,8);2-3H,1H3,(H,6,7);2-4H,1H2,(H,6,7);1-3H,(H2,6,7);1-2H,(H,5,6)(H,7,8,9,10);2-3H,(H,6,7);1-2H,(H,5,6)(H,7,8);2-3H,1H3,(H,5,6);1H,(H,7,8)(H,4,5,6);9*1H4. The number of nitrogens with zero attached hydrogens (tertiary/aromatic N) is 14. The molecule has 11 rings (SSSR count). The van der Waals surface area contributed by atoms with Crippen molar-refractivity contribution in [3.05, 3.63) is 175 Å². The van der Waals surface area contributed by atoms with Gasteiger partial charge in [0.05, 0.1) is 106 Å². The number of esters is 2. The summed E-state index contributed by atoms with van der Waals surface area (Å²) >= 11 is 0. The number of ether oxygens (including phenoxy) is 2. The van der Waals surface area contributed by atoms with Crippen molar-refractivity contribution < 1.29 is 57.7 Å². The summed E-state index contributed by atoms with van der Waals surface area (Å²) in [5, 5.41) is 55.1. The molecule has 0 aliphatic carbocycles. The Kier molecular flexibility index (Phi) is 59.4. The normalized spacial score (nSPS) is 8.21. The molecule has 506 valence electrons. The van der Waals surface area contributed by atoms with Gasteiger partial charge in [-0.2, -0.15) is 25.8 Å². The number of furan rings is 1. The molecule has 92 heavy (non-hydrogen) atoms. The Morgan fingerprint density at radius 3 is 1.58 bits per heavy atom. The number of nitrogens with one attached hydrogen (secondary N) is 10. The van der Waals surface area contributed by atoms with Gasteiger partial charge in [-0.3, -0.25) is 24.9 Å². The summed E-state index contributed by atoms with van der Waals surface area (Å²) < 4.78 is 13.6. The van der Waals surface area contributed by atoms with E-state index in [-0.39, 0.29) is 90.2 Å². The van der Waals surface area contributed by atoms with E-state index in [1.54, 1.807) is 51.4 Å². The van der Waals surface area contributed by atoms with Crippen LogP contribution in [0.5, 0.6) is 0 Å². The number of carbonyl (C=O) groups excluding carboxylic acids is 5. The minimum absolute atomic E-state index is 0. The molecule has 38 nitrogen and oxygen atoms in total. The van der Waals surface area contributed by atoms with Crippen LogP contribution in [0.4, 0.5) is 0 Å². The van der Waals surface area contributed by atoms with Gasteiger partial charge in [0.2, 0.25) is 11.6 Å². The van der Waals surface area contributed by atoms with Gasteiger partial charge in [0.15, 0.2) is 0 Å². The van der Waals surface area contributed by atoms with E-state index >= 15 is 0 Å². The number of nitriles is 1. The van der Waals surface area contributed by atoms with Gasteiger partial charge >= 0.3 is 23.9 Å². The van der Waals surface area contributed by atoms with Crippen molar-refractivity contribution in [2.75, 3.05) is 13.7 Å². The van der Waals surface area contributed by atoms with Crippen LogP contribution < -0.4 is 11.5 Å². The van der Waals surface area contributed by atoms with Gasteiger partial charge in [0.1, 0.15) is 47.7 Å². The molecular formula is C54H88N26O12. The Balaban J connectivity index is -0.000000141. The van der Waals surface area contributed by atoms with Crippen LogP contribution in [0.25, 0.3) is 11.5 Å². The van der Waals surface area contributed by atoms with Crippen molar-refractivity contribution in [2.24, 2.45) is 11.5 Å². The van der Waals surface area contributed by atoms with Crippen LogP contribution in [-0.4, -0.2) is 182 Å². The fourth-order valence-corrected chi connectivity index (χ4v) is 4.53. The summed E-state index contributed by atoms with van der Waals surface area (Å²) in [6.45, 7) is 5.85. The lowest BCUT2D eigenvalue weighted by atomic mass is 10.3. The first-order valence-electron chi connectivity index (χ1n) is 22.7. The number of amides is 2. The lowest BCUT2D eigenvalue weighted by molar-refractivity contribution is -0.107. The fraction of sp³-hybridized carbons (Fsp3) is 0.278. The number of aromatic carboxylic acids is 2. The number of methoxy groups -OCH3 is 1. The average Bonchev–Trinajstić information content (AvgIpc) is 4.37. The molecule has 11 heterocycles. The number of H-pyrrole nitrogens is 10. The van der Waals surface area contributed by atoms with Gasteiger partial charge in [0.25, 0.3) is 11.8 Å². The number of hydrogen-bond acceptors (Lipinski definition) is 24. The van der Waals surface area contributed by atoms with Crippen LogP contribution in [0.3, 0.4) is 0 Å². The number of imidazole rings is 6. The minimum atomic E-state index is -1.09. The highest BCUT2D eigenvalue weighted by Crippen LogP contribution is 2.05. The van der Waals surface area contributed by atoms with Crippen molar-refractivity contribution >= 4 is 42.0 Å². The molecule has 0 saturated carbocycles. The maximum atomic E-state index is 10.8. The predicted molar refractivity (Wildman–Crippen MR) is 340 cm³/mol. The first-order chi connectivity index (χ1) is 40.0. The highest BCUT2D eigenvalue weighted by molar-refractivity contribution is 5.92. The Bertz CT molecular complexity index is 3280. The van der Waals surface area contributed by atoms with E-state index in [1.165, 1.54) is 81.9 Å². The smallest absolute Gasteiger partial charge is 0.373 e. The first kappa shape index (κ1) is 95.5. The molecule has 0 spiro atoms. The molecule has 38 heteroatoms. The second-order valence-corrected chi connectivity index (χ2v) is 14.2. The molecule has 0 aliphatic rings. The van der Waals surface area contributed by atoms with Gasteiger partial charge in [0, 0.05) is 48.3 Å². The summed E-state index contributed by atoms with van der Waals surface area (Å²) in [5.41, 5.74) is 15.5. The Hall–Kier alpha value is -12.8. The molecule has 11 aromatic rings. The molecule has 0 unspecified atom stereocenters. The molecule has 16 N–H and O–H groups in total. The molecule has 2 amide bonds. The van der Waals surface area contributed by atoms with E-state index in [4.69, 9.17) is 26.9 Å². The average molecular weight is 1290 g/mol. The highest BCUT2D eigenvalue weighted by Gasteiger charge is 2.07. The molecule has 0 radical (unpaired) electrons. The van der Waals surface area contributed by atoms with Crippen LogP contribution in [-0.2, 0) is 20.7 Å². The lowest BCUT2D eigenvalue weighted by Gasteiger charge is -1.95. The Morgan fingerprint density at radius 2 is 1.26 bits per heavy atom. The number of hydrogen-bond donors (Lipinski definition) is 14. The first-order valence-corrected chi connectivity index (χ1v) is 22.7. The van der Waals surface area contributed by atoms with E-state index in [1.807, 2.05) is 13.0 Å². The number of aromatic nitrogens is 23. The van der Waals surface area contributed by atoms with Gasteiger partial charge in [-0.1, -0.05) is 66.8 Å². The number of aromatic amines is 10. The predicted octanol–water partition coefficient (Wildman–Crippen LogP) is 7.05. The number of carboxylic acids is 2. The number of carboxylic acid groups (broad SMARTS) is 2. The van der Waals surface area contributed by atoms with Crippen LogP contribution in [0, 0.1) is 25.2 Å². The van der Waals surface area contributed by atoms with Crippen molar-refractivity contribution in [3.8, 4) is 17.6 Å². The van der Waals surface area contributed by atoms with Crippen molar-refractivity contribution in [3.63, 3.8) is 0 Å². The molecule has 11 aromatic heterocycles. The third-order valence-electron chi connectivity index (χ3n) is 8.34. The SMILES string of the molecule is C.C.C.C.C.C.C.C.C.CCOC(=O)c1cnc[nH]1.COC(=O)c1cn[nH]c1.Cc1[nH]cnc1C(N)=O.Cc1cnc[nH]1.N#Cc1cnc[nH]1.NC(=O)c1ccoc1.O=C(O)c1cn[nH]c1.O=C(O)c1ncn[nH]1.O=CCc1cnc[nH]1.c1ncc(-c2nn[nH]n2)[nH]1. The van der Waals surface area contributed by atoms with Crippen LogP contribution in [0.2, 0.25) is 0 Å². The maximum absolute atomic E-state index is 10.8. The van der Waals surface area contributed by atoms with E-state index in [0.717, 1.165) is 29.7 Å². The van der Waals surface area contributed by atoms with E-state index in [9.17, 15) is 33.6 Å². The van der Waals surface area contributed by atoms with Gasteiger partial charge in [-0.15, -0.1) is 10.2 Å². The third-order valence-corrected chi connectivity index (χ3v) is 8.34. The quantitative estimate of drug-likeness (QED) is 0.0481. The van der Waals surface area contributed by atoms with Crippen molar-refractivity contribution in [1.29, 1.82) is 5.26 Å². The highest BCUT2D eigenvalue weighted by atomic mass is 16.5. The maximum Gasteiger partial charge on any atom is 0.373 e. The summed E-state index contributed by atoms with van der Waals surface area (Å²) in [4.78, 5) is 114. The number of nitrogens with two attached hydrogens (primary N) is 2. The largest absolute Gasteiger partial charge is 0.478 e. The minimum Gasteiger partial charge on any atom is -0.478 e. The number of rotatable bonds is 10. The molecule has 0 saturated heterocycles. The number of primary amides is 2. The third kappa shape index (κ3) is 40.5. The second-order valence-electron chi connectivity index (χ2n) is 14.2. The number of aryl methyl sites for hydroxylation is 2. The molecule has 0 bridgehead atoms. The summed E-state index contributed by atoms with van der Waals surface area (Å²) in [6, 6.07) is 3.41. The van der Waals surface area contributed by atoms with E-state index < -0.39 is 23.8 Å². The molecule has 0 aromatic carbocycles. The van der Waals surface area contributed by atoms with Gasteiger partial charge in [-0.25, -0.2) is 54.1 Å². The number of tetrazole rings is 1. The molecular weight excluding hydrogens is 1200 g/mol. The van der Waals surface area contributed by atoms with E-state index in [0.29, 0.717) is 52.8 Å². The Morgan fingerprint density at radius 1 is 0.663 bits per heavy atom. The fourth-order valence-electron chi connectivity index (χ4n) is 4.53. The summed E-state index contributed by atoms with van der Waals surface area (Å²) in [7, 11) is 1.33. The van der Waals surface area contributed by atoms with Crippen LogP contribution >= 0.6 is 0 Å². The number of aldehydes is 1. The zero-order valence-corrected chi connectivity index (χ0v) is 43.9. The second kappa shape index (κ2) is 57.2. The van der Waals surface area contributed by atoms with Gasteiger partial charge < -0.3 is 70.3 Å². The van der Waals surface area contributed by atoms with Gasteiger partial charge in [-0.05, 0) is 32.1 Å². The zero-order chi connectivity index (χ0) is 61.0. The van der Waals surface area contributed by atoms with Crippen LogP contribution in [0.1, 0.15) is 159 Å². The molecule has 0 fully saturated rings. The topological polar surface area (TPSA) is 593 Å². The van der Waals surface area contributed by atoms with E-state index in [2.05, 4.69) is 130 Å². The van der Waals surface area contributed by atoms with Crippen molar-refractivity contribution in [1.82, 2.24) is 116 Å². The molecule has 0 aliphatic heterocycles. The van der Waals surface area contributed by atoms with Crippen molar-refractivity contribution in [2.45, 2.75) is 94.0 Å². The lowest BCUT2D eigenvalue weighted by Crippen LogP contribution is -2.12.